The van der Waals surface area contributed by atoms with Gasteiger partial charge >= 0.3 is 5.97 Å². The summed E-state index contributed by atoms with van der Waals surface area (Å²) in [5.41, 5.74) is 3.49. The van der Waals surface area contributed by atoms with Gasteiger partial charge in [-0.2, -0.15) is 17.0 Å². The average Bonchev–Trinajstić information content (AvgIpc) is 3.55. The highest BCUT2D eigenvalue weighted by Gasteiger charge is 2.26. The van der Waals surface area contributed by atoms with Crippen LogP contribution in [0.25, 0.3) is 0 Å². The van der Waals surface area contributed by atoms with Gasteiger partial charge in [-0.05, 0) is 29.8 Å². The second-order valence-electron chi connectivity index (χ2n) is 7.83. The van der Waals surface area contributed by atoms with Crippen LogP contribution in [0.4, 0.5) is 4.79 Å². The van der Waals surface area contributed by atoms with E-state index < -0.39 is 5.97 Å². The van der Waals surface area contributed by atoms with Gasteiger partial charge in [-0.15, -0.1) is 22.7 Å². The number of nitriles is 1. The molecule has 184 valence electrons. The van der Waals surface area contributed by atoms with Crippen LogP contribution in [0.2, 0.25) is 0 Å². The van der Waals surface area contributed by atoms with Gasteiger partial charge in [0.05, 0.1) is 11.1 Å². The van der Waals surface area contributed by atoms with Gasteiger partial charge in [-0.3, -0.25) is 9.80 Å². The maximum atomic E-state index is 12.5. The monoisotopic (exact) mass is 553 g/mol. The number of thioether (sulfide) groups is 2. The van der Waals surface area contributed by atoms with E-state index in [1.807, 2.05) is 45.7 Å². The molecule has 10 heteroatoms. The van der Waals surface area contributed by atoms with E-state index in [2.05, 4.69) is 35.1 Å². The molecule has 2 aromatic heterocycles. The maximum absolute atomic E-state index is 12.5. The Balaban J connectivity index is 1.27. The summed E-state index contributed by atoms with van der Waals surface area (Å²) in [7, 11) is 0. The standard InChI is InChI=1S/C26H23N3O3S4/c27-15-22-18-34-17-21(22)5-4-19-2-1-3-20(14-19)16-33-12-10-28-11-13-35-26(32)29(28)9-8-23-6-7-24(36-23)25(30)31/h1-3,6-7,14,17-18H,8-13,16H2,(H,30,31). The van der Waals surface area contributed by atoms with E-state index in [-0.39, 0.29) is 5.24 Å². The Hall–Kier alpha value is -2.73. The number of benzene rings is 1. The molecule has 0 radical (unpaired) electrons. The number of carbonyl (C=O) groups excluding carboxylic acids is 1. The Morgan fingerprint density at radius 1 is 1.14 bits per heavy atom. The van der Waals surface area contributed by atoms with Gasteiger partial charge in [-0.25, -0.2) is 9.80 Å². The van der Waals surface area contributed by atoms with Crippen molar-refractivity contribution in [3.63, 3.8) is 0 Å². The number of hydrazine groups is 1. The third-order valence-corrected chi connectivity index (χ3v) is 9.11. The summed E-state index contributed by atoms with van der Waals surface area (Å²) < 4.78 is 0. The molecule has 0 saturated carbocycles. The van der Waals surface area contributed by atoms with E-state index in [1.165, 1.54) is 40.0 Å². The minimum absolute atomic E-state index is 0.0534. The molecule has 36 heavy (non-hydrogen) atoms. The van der Waals surface area contributed by atoms with E-state index in [9.17, 15) is 9.59 Å². The zero-order chi connectivity index (χ0) is 25.3. The van der Waals surface area contributed by atoms with Crippen LogP contribution in [0, 0.1) is 23.2 Å². The van der Waals surface area contributed by atoms with Gasteiger partial charge in [0.25, 0.3) is 5.24 Å². The average molecular weight is 554 g/mol. The van der Waals surface area contributed by atoms with Crippen molar-refractivity contribution in [3.8, 4) is 17.9 Å². The first-order valence-electron chi connectivity index (χ1n) is 11.2. The van der Waals surface area contributed by atoms with E-state index in [0.29, 0.717) is 23.4 Å². The number of carbonyl (C=O) groups is 2. The molecular formula is C26H23N3O3S4. The minimum Gasteiger partial charge on any atom is -0.477 e. The highest BCUT2D eigenvalue weighted by atomic mass is 32.2. The molecule has 0 aliphatic carbocycles. The fourth-order valence-corrected chi connectivity index (χ4v) is 6.85. The van der Waals surface area contributed by atoms with Crippen LogP contribution in [0.15, 0.2) is 47.2 Å². The van der Waals surface area contributed by atoms with Crippen molar-refractivity contribution in [2.24, 2.45) is 0 Å². The fraction of sp³-hybridized carbons (Fsp3) is 0.269. The van der Waals surface area contributed by atoms with Gasteiger partial charge < -0.3 is 5.11 Å². The molecule has 1 N–H and O–H groups in total. The van der Waals surface area contributed by atoms with Gasteiger partial charge in [0.15, 0.2) is 0 Å². The van der Waals surface area contributed by atoms with Gasteiger partial charge in [0, 0.05) is 64.5 Å². The lowest BCUT2D eigenvalue weighted by Gasteiger charge is -2.37. The number of hydrogen-bond donors (Lipinski definition) is 1. The molecule has 1 aliphatic rings. The smallest absolute Gasteiger partial charge is 0.345 e. The molecule has 0 atom stereocenters. The molecule has 4 rings (SSSR count). The van der Waals surface area contributed by atoms with E-state index in [0.717, 1.165) is 46.4 Å². The van der Waals surface area contributed by atoms with Crippen LogP contribution in [-0.4, -0.2) is 57.5 Å². The van der Waals surface area contributed by atoms with Gasteiger partial charge in [-0.1, -0.05) is 35.7 Å². The highest BCUT2D eigenvalue weighted by molar-refractivity contribution is 8.13. The second-order valence-corrected chi connectivity index (χ2v) is 11.9. The lowest BCUT2D eigenvalue weighted by molar-refractivity contribution is 0.0349. The third-order valence-electron chi connectivity index (χ3n) is 5.38. The molecule has 0 unspecified atom stereocenters. The van der Waals surface area contributed by atoms with Gasteiger partial charge in [0.2, 0.25) is 0 Å². The van der Waals surface area contributed by atoms with Crippen molar-refractivity contribution < 1.29 is 14.7 Å². The summed E-state index contributed by atoms with van der Waals surface area (Å²) in [6, 6.07) is 13.8. The number of amides is 1. The Bertz CT molecular complexity index is 1330. The SMILES string of the molecule is N#Cc1cscc1C#Cc1cccc(CSCCN2CCSC(=O)N2CCc2ccc(C(=O)O)s2)c1. The number of aromatic carboxylic acids is 1. The molecule has 1 aromatic carbocycles. The Labute approximate surface area is 226 Å². The molecule has 0 bridgehead atoms. The molecule has 1 fully saturated rings. The third kappa shape index (κ3) is 7.16. The van der Waals surface area contributed by atoms with Crippen LogP contribution in [0.3, 0.4) is 0 Å². The number of carboxylic acid groups (broad SMARTS) is 1. The largest absolute Gasteiger partial charge is 0.477 e. The van der Waals surface area contributed by atoms with Crippen molar-refractivity contribution in [3.05, 3.63) is 79.2 Å². The first-order chi connectivity index (χ1) is 17.5. The Morgan fingerprint density at radius 2 is 2.00 bits per heavy atom. The molecule has 1 amide bonds. The van der Waals surface area contributed by atoms with Crippen molar-refractivity contribution in [1.29, 1.82) is 5.26 Å². The van der Waals surface area contributed by atoms with Gasteiger partial charge in [0.1, 0.15) is 10.9 Å². The molecule has 3 heterocycles. The number of nitrogens with zero attached hydrogens (tertiary/aromatic N) is 3. The van der Waals surface area contributed by atoms with Crippen LogP contribution < -0.4 is 0 Å². The number of rotatable bonds is 9. The number of thiophene rings is 2. The number of carboxylic acids is 1. The van der Waals surface area contributed by atoms with Crippen LogP contribution in [0.1, 0.15) is 36.8 Å². The second kappa shape index (κ2) is 13.0. The summed E-state index contributed by atoms with van der Waals surface area (Å²) in [4.78, 5) is 24.9. The Morgan fingerprint density at radius 3 is 2.81 bits per heavy atom. The summed E-state index contributed by atoms with van der Waals surface area (Å²) in [6.07, 6.45) is 0.642. The first-order valence-corrected chi connectivity index (χ1v) is 15.1. The molecule has 6 nitrogen and oxygen atoms in total. The fourth-order valence-electron chi connectivity index (χ4n) is 3.58. The van der Waals surface area contributed by atoms with E-state index in [1.54, 1.807) is 6.07 Å². The summed E-state index contributed by atoms with van der Waals surface area (Å²) >= 11 is 5.90. The normalized spacial score (nSPS) is 13.8. The van der Waals surface area contributed by atoms with Crippen LogP contribution in [-0.2, 0) is 12.2 Å². The summed E-state index contributed by atoms with van der Waals surface area (Å²) in [5.74, 6) is 7.85. The summed E-state index contributed by atoms with van der Waals surface area (Å²) in [6.45, 7) is 2.14. The van der Waals surface area contributed by atoms with E-state index >= 15 is 0 Å². The molecule has 1 aliphatic heterocycles. The first kappa shape index (κ1) is 26.3. The maximum Gasteiger partial charge on any atom is 0.345 e. The molecule has 0 spiro atoms. The van der Waals surface area contributed by atoms with Crippen molar-refractivity contribution in [1.82, 2.24) is 10.0 Å². The van der Waals surface area contributed by atoms with Crippen LogP contribution >= 0.6 is 46.2 Å². The van der Waals surface area contributed by atoms with Crippen LogP contribution in [0.5, 0.6) is 0 Å². The lowest BCUT2D eigenvalue weighted by Crippen LogP contribution is -2.51. The Kier molecular flexibility index (Phi) is 9.51. The predicted octanol–water partition coefficient (Wildman–Crippen LogP) is 5.64. The van der Waals surface area contributed by atoms with Crippen molar-refractivity contribution in [2.45, 2.75) is 12.2 Å². The summed E-state index contributed by atoms with van der Waals surface area (Å²) in [5, 5.41) is 25.9. The van der Waals surface area contributed by atoms with E-state index in [4.69, 9.17) is 10.4 Å². The van der Waals surface area contributed by atoms with Crippen molar-refractivity contribution in [2.75, 3.05) is 31.1 Å². The molecular weight excluding hydrogens is 531 g/mol. The predicted molar refractivity (Wildman–Crippen MR) is 149 cm³/mol. The quantitative estimate of drug-likeness (QED) is 0.271. The molecule has 1 saturated heterocycles. The zero-order valence-electron chi connectivity index (χ0n) is 19.3. The lowest BCUT2D eigenvalue weighted by atomic mass is 10.1. The minimum atomic E-state index is -0.914. The van der Waals surface area contributed by atoms with Crippen molar-refractivity contribution >= 4 is 57.4 Å². The topological polar surface area (TPSA) is 84.6 Å². The highest BCUT2D eigenvalue weighted by Crippen LogP contribution is 2.23. The number of hydrogen-bond acceptors (Lipinski definition) is 8. The zero-order valence-corrected chi connectivity index (χ0v) is 22.6. The molecule has 3 aromatic rings.